The van der Waals surface area contributed by atoms with Gasteiger partial charge in [-0.25, -0.2) is 4.79 Å². The molecule has 1 saturated carbocycles. The Balaban J connectivity index is 1.81. The van der Waals surface area contributed by atoms with Crippen LogP contribution in [0.2, 0.25) is 0 Å². The van der Waals surface area contributed by atoms with Crippen LogP contribution in [0.25, 0.3) is 0 Å². The molecule has 0 radical (unpaired) electrons. The normalized spacial score (nSPS) is 21.0. The van der Waals surface area contributed by atoms with Gasteiger partial charge in [-0.3, -0.25) is 0 Å². The molecule has 0 heterocycles. The van der Waals surface area contributed by atoms with Crippen LogP contribution in [0.5, 0.6) is 0 Å². The molecule has 0 bridgehead atoms. The molecule has 5 heteroatoms. The maximum Gasteiger partial charge on any atom is 0.407 e. The van der Waals surface area contributed by atoms with Gasteiger partial charge in [-0.15, -0.1) is 0 Å². The molecule has 0 saturated heterocycles. The molecule has 23 heavy (non-hydrogen) atoms. The van der Waals surface area contributed by atoms with Crippen LogP contribution in [0.1, 0.15) is 45.6 Å². The Hall–Kier alpha value is -1.75. The van der Waals surface area contributed by atoms with E-state index in [9.17, 15) is 4.79 Å². The van der Waals surface area contributed by atoms with Crippen molar-refractivity contribution in [1.29, 1.82) is 0 Å². The number of hydrogen-bond acceptors (Lipinski definition) is 4. The number of alkyl carbamates (subject to hydrolysis) is 1. The third kappa shape index (κ3) is 6.10. The average Bonchev–Trinajstić information content (AvgIpc) is 2.84. The minimum Gasteiger partial charge on any atom is -0.444 e. The van der Waals surface area contributed by atoms with Gasteiger partial charge in [-0.2, -0.15) is 0 Å². The number of nitrogens with one attached hydrogen (secondary N) is 2. The molecule has 1 amide bonds. The third-order valence-corrected chi connectivity index (χ3v) is 3.76. The maximum absolute atomic E-state index is 11.8. The number of ether oxygens (including phenoxy) is 2. The van der Waals surface area contributed by atoms with Crippen molar-refractivity contribution in [1.82, 2.24) is 5.32 Å². The Bertz CT molecular complexity index is 525. The van der Waals surface area contributed by atoms with Gasteiger partial charge in [0, 0.05) is 24.9 Å². The summed E-state index contributed by atoms with van der Waals surface area (Å²) in [5.74, 6) is 0. The fourth-order valence-corrected chi connectivity index (χ4v) is 2.87. The van der Waals surface area contributed by atoms with Crippen molar-refractivity contribution in [2.45, 2.75) is 64.3 Å². The van der Waals surface area contributed by atoms with Gasteiger partial charge >= 0.3 is 6.09 Å². The van der Waals surface area contributed by atoms with Crippen LogP contribution in [-0.4, -0.2) is 30.9 Å². The Morgan fingerprint density at radius 1 is 1.26 bits per heavy atom. The van der Waals surface area contributed by atoms with E-state index in [1.54, 1.807) is 7.11 Å². The van der Waals surface area contributed by atoms with Crippen LogP contribution in [0, 0.1) is 0 Å². The second-order valence-corrected chi connectivity index (χ2v) is 7.13. The molecule has 1 aromatic rings. The Labute approximate surface area is 138 Å². The number of carbonyl (C=O) groups excluding carboxylic acids is 1. The van der Waals surface area contributed by atoms with Gasteiger partial charge in [-0.1, -0.05) is 12.1 Å². The Kier molecular flexibility index (Phi) is 5.88. The summed E-state index contributed by atoms with van der Waals surface area (Å²) in [6.07, 6.45) is 2.59. The highest BCUT2D eigenvalue weighted by molar-refractivity contribution is 5.68. The molecular weight excluding hydrogens is 292 g/mol. The summed E-state index contributed by atoms with van der Waals surface area (Å²) in [6.45, 7) is 6.23. The van der Waals surface area contributed by atoms with E-state index in [1.807, 2.05) is 26.8 Å². The summed E-state index contributed by atoms with van der Waals surface area (Å²) in [6, 6.07) is 8.79. The second kappa shape index (κ2) is 7.68. The van der Waals surface area contributed by atoms with Crippen molar-refractivity contribution in [2.75, 3.05) is 12.4 Å². The average molecular weight is 320 g/mol. The van der Waals surface area contributed by atoms with E-state index in [0.29, 0.717) is 12.6 Å². The van der Waals surface area contributed by atoms with Crippen LogP contribution in [0.4, 0.5) is 10.5 Å². The molecular formula is C18H28N2O3. The molecule has 0 aliphatic heterocycles. The molecule has 0 aromatic heterocycles. The molecule has 2 atom stereocenters. The molecule has 0 spiro atoms. The van der Waals surface area contributed by atoms with E-state index in [2.05, 4.69) is 28.8 Å². The third-order valence-electron chi connectivity index (χ3n) is 3.76. The SMILES string of the molecule is COCc1cccc(NC2CCC(NC(=O)OC(C)(C)C)C2)c1. The summed E-state index contributed by atoms with van der Waals surface area (Å²) in [4.78, 5) is 11.8. The first kappa shape index (κ1) is 17.6. The van der Waals surface area contributed by atoms with Gasteiger partial charge in [0.25, 0.3) is 0 Å². The zero-order valence-electron chi connectivity index (χ0n) is 14.5. The number of carbonyl (C=O) groups is 1. The first-order valence-electron chi connectivity index (χ1n) is 8.19. The highest BCUT2D eigenvalue weighted by atomic mass is 16.6. The number of amides is 1. The lowest BCUT2D eigenvalue weighted by Gasteiger charge is -2.22. The maximum atomic E-state index is 11.8. The van der Waals surface area contributed by atoms with Crippen molar-refractivity contribution in [3.05, 3.63) is 29.8 Å². The van der Waals surface area contributed by atoms with Crippen molar-refractivity contribution in [3.8, 4) is 0 Å². The summed E-state index contributed by atoms with van der Waals surface area (Å²) in [5, 5.41) is 6.51. The van der Waals surface area contributed by atoms with E-state index in [4.69, 9.17) is 9.47 Å². The first-order valence-corrected chi connectivity index (χ1v) is 8.19. The van der Waals surface area contributed by atoms with Crippen molar-refractivity contribution in [3.63, 3.8) is 0 Å². The van der Waals surface area contributed by atoms with Crippen LogP contribution >= 0.6 is 0 Å². The standard InChI is InChI=1S/C18H28N2O3/c1-18(2,3)23-17(21)20-16-9-8-15(11-16)19-14-7-5-6-13(10-14)12-22-4/h5-7,10,15-16,19H,8-9,11-12H2,1-4H3,(H,20,21). The van der Waals surface area contributed by atoms with Gasteiger partial charge in [-0.05, 0) is 57.7 Å². The van der Waals surface area contributed by atoms with Gasteiger partial charge in [0.05, 0.1) is 6.61 Å². The minimum absolute atomic E-state index is 0.171. The monoisotopic (exact) mass is 320 g/mol. The predicted octanol–water partition coefficient (Wildman–Crippen LogP) is 3.69. The molecule has 1 aliphatic rings. The fraction of sp³-hybridized carbons (Fsp3) is 0.611. The van der Waals surface area contributed by atoms with Crippen LogP contribution in [0.15, 0.2) is 24.3 Å². The van der Waals surface area contributed by atoms with E-state index < -0.39 is 5.60 Å². The molecule has 128 valence electrons. The van der Waals surface area contributed by atoms with Crippen LogP contribution in [-0.2, 0) is 16.1 Å². The molecule has 1 fully saturated rings. The van der Waals surface area contributed by atoms with E-state index in [0.717, 1.165) is 30.5 Å². The second-order valence-electron chi connectivity index (χ2n) is 7.13. The lowest BCUT2D eigenvalue weighted by Crippen LogP contribution is -2.38. The predicted molar refractivity (Wildman–Crippen MR) is 91.6 cm³/mol. The van der Waals surface area contributed by atoms with Gasteiger partial charge in [0.2, 0.25) is 0 Å². The number of rotatable bonds is 5. The molecule has 2 rings (SSSR count). The lowest BCUT2D eigenvalue weighted by molar-refractivity contribution is 0.0505. The summed E-state index contributed by atoms with van der Waals surface area (Å²) in [5.41, 5.74) is 1.80. The van der Waals surface area contributed by atoms with E-state index in [-0.39, 0.29) is 12.1 Å². The summed E-state index contributed by atoms with van der Waals surface area (Å²) >= 11 is 0. The zero-order valence-corrected chi connectivity index (χ0v) is 14.5. The van der Waals surface area contributed by atoms with Crippen molar-refractivity contribution < 1.29 is 14.3 Å². The summed E-state index contributed by atoms with van der Waals surface area (Å²) < 4.78 is 10.5. The fourth-order valence-electron chi connectivity index (χ4n) is 2.87. The molecule has 5 nitrogen and oxygen atoms in total. The van der Waals surface area contributed by atoms with Gasteiger partial charge in [0.15, 0.2) is 0 Å². The molecule has 1 aromatic carbocycles. The number of benzene rings is 1. The van der Waals surface area contributed by atoms with Crippen LogP contribution < -0.4 is 10.6 Å². The Morgan fingerprint density at radius 3 is 2.70 bits per heavy atom. The topological polar surface area (TPSA) is 59.6 Å². The van der Waals surface area contributed by atoms with E-state index in [1.165, 1.54) is 0 Å². The number of hydrogen-bond donors (Lipinski definition) is 2. The minimum atomic E-state index is -0.456. The number of methoxy groups -OCH3 is 1. The zero-order chi connectivity index (χ0) is 16.9. The lowest BCUT2D eigenvalue weighted by atomic mass is 10.1. The van der Waals surface area contributed by atoms with Gasteiger partial charge in [0.1, 0.15) is 5.60 Å². The quantitative estimate of drug-likeness (QED) is 0.868. The van der Waals surface area contributed by atoms with E-state index >= 15 is 0 Å². The highest BCUT2D eigenvalue weighted by Crippen LogP contribution is 2.24. The molecule has 1 aliphatic carbocycles. The summed E-state index contributed by atoms with van der Waals surface area (Å²) in [7, 11) is 1.70. The van der Waals surface area contributed by atoms with Crippen LogP contribution in [0.3, 0.4) is 0 Å². The Morgan fingerprint density at radius 2 is 2.00 bits per heavy atom. The smallest absolute Gasteiger partial charge is 0.407 e. The first-order chi connectivity index (χ1) is 10.9. The van der Waals surface area contributed by atoms with Crippen molar-refractivity contribution >= 4 is 11.8 Å². The largest absolute Gasteiger partial charge is 0.444 e. The van der Waals surface area contributed by atoms with Crippen molar-refractivity contribution in [2.24, 2.45) is 0 Å². The highest BCUT2D eigenvalue weighted by Gasteiger charge is 2.27. The van der Waals surface area contributed by atoms with Gasteiger partial charge < -0.3 is 20.1 Å². The molecule has 2 N–H and O–H groups in total. The molecule has 2 unspecified atom stereocenters. The number of anilines is 1.